The van der Waals surface area contributed by atoms with E-state index in [1.807, 2.05) is 0 Å². The Morgan fingerprint density at radius 3 is 2.00 bits per heavy atom. The number of hydrogen-bond donors (Lipinski definition) is 0. The maximum Gasteiger partial charge on any atom is 0.130 e. The Kier molecular flexibility index (Phi) is 3.02. The highest BCUT2D eigenvalue weighted by Crippen LogP contribution is 2.25. The van der Waals surface area contributed by atoms with Gasteiger partial charge < -0.3 is 4.74 Å². The van der Waals surface area contributed by atoms with E-state index in [-0.39, 0.29) is 0 Å². The average Bonchev–Trinajstić information content (AvgIpc) is 2.16. The number of rotatable bonds is 3. The van der Waals surface area contributed by atoms with Gasteiger partial charge in [0, 0.05) is 11.1 Å². The number of halogens is 2. The third-order valence-corrected chi connectivity index (χ3v) is 1.67. The average molecular weight is 172 g/mol. The van der Waals surface area contributed by atoms with Crippen LogP contribution in [0.2, 0.25) is 0 Å². The summed E-state index contributed by atoms with van der Waals surface area (Å²) in [6, 6.07) is 4.78. The van der Waals surface area contributed by atoms with Crippen molar-refractivity contribution in [3.05, 3.63) is 29.3 Å². The Bertz CT molecular complexity index is 238. The maximum absolute atomic E-state index is 12.3. The van der Waals surface area contributed by atoms with E-state index in [2.05, 4.69) is 0 Å². The molecule has 0 fully saturated rings. The number of ether oxygens (including phenoxy) is 1. The van der Waals surface area contributed by atoms with Crippen LogP contribution in [0.3, 0.4) is 0 Å². The van der Waals surface area contributed by atoms with Gasteiger partial charge in [-0.25, -0.2) is 8.78 Å². The lowest BCUT2D eigenvalue weighted by Gasteiger charge is -2.08. The summed E-state index contributed by atoms with van der Waals surface area (Å²) in [5, 5.41) is 0. The summed E-state index contributed by atoms with van der Waals surface area (Å²) in [7, 11) is 1.41. The van der Waals surface area contributed by atoms with Gasteiger partial charge in [0.2, 0.25) is 0 Å². The van der Waals surface area contributed by atoms with E-state index in [4.69, 9.17) is 4.74 Å². The highest BCUT2D eigenvalue weighted by molar-refractivity contribution is 5.40. The predicted octanol–water partition coefficient (Wildman–Crippen LogP) is 2.63. The van der Waals surface area contributed by atoms with Crippen LogP contribution in [-0.2, 0) is 13.3 Å². The number of methoxy groups -OCH3 is 1. The summed E-state index contributed by atoms with van der Waals surface area (Å²) in [6.45, 7) is -1.26. The molecule has 0 spiro atoms. The van der Waals surface area contributed by atoms with Crippen LogP contribution in [0.1, 0.15) is 11.1 Å². The normalized spacial score (nSPS) is 9.92. The maximum atomic E-state index is 12.3. The molecule has 0 N–H and O–H groups in total. The third-order valence-electron chi connectivity index (χ3n) is 1.67. The minimum Gasteiger partial charge on any atom is -0.496 e. The molecule has 0 aliphatic carbocycles. The Morgan fingerprint density at radius 1 is 1.17 bits per heavy atom. The van der Waals surface area contributed by atoms with Crippen molar-refractivity contribution in [2.75, 3.05) is 7.11 Å². The summed E-state index contributed by atoms with van der Waals surface area (Å²) < 4.78 is 29.5. The fourth-order valence-electron chi connectivity index (χ4n) is 1.11. The van der Waals surface area contributed by atoms with Crippen LogP contribution < -0.4 is 4.74 Å². The van der Waals surface area contributed by atoms with Crippen molar-refractivity contribution in [2.45, 2.75) is 13.3 Å². The van der Waals surface area contributed by atoms with Crippen molar-refractivity contribution in [3.63, 3.8) is 0 Å². The monoisotopic (exact) mass is 172 g/mol. The van der Waals surface area contributed by atoms with Gasteiger partial charge in [-0.2, -0.15) is 0 Å². The molecule has 0 aliphatic heterocycles. The van der Waals surface area contributed by atoms with Crippen LogP contribution in [0.15, 0.2) is 18.2 Å². The van der Waals surface area contributed by atoms with Crippen molar-refractivity contribution in [1.29, 1.82) is 0 Å². The van der Waals surface area contributed by atoms with Crippen molar-refractivity contribution in [2.24, 2.45) is 0 Å². The molecule has 1 aromatic rings. The molecule has 0 heterocycles. The van der Waals surface area contributed by atoms with Gasteiger partial charge in [0.05, 0.1) is 7.11 Å². The molecule has 1 rings (SSSR count). The van der Waals surface area contributed by atoms with E-state index in [9.17, 15) is 8.78 Å². The van der Waals surface area contributed by atoms with Crippen LogP contribution in [0, 0.1) is 0 Å². The minimum atomic E-state index is -0.628. The van der Waals surface area contributed by atoms with Gasteiger partial charge in [0.1, 0.15) is 19.1 Å². The zero-order valence-corrected chi connectivity index (χ0v) is 6.81. The fourth-order valence-corrected chi connectivity index (χ4v) is 1.11. The Balaban J connectivity index is 3.13. The van der Waals surface area contributed by atoms with Crippen molar-refractivity contribution in [1.82, 2.24) is 0 Å². The Hall–Kier alpha value is -1.12. The first-order valence-electron chi connectivity index (χ1n) is 3.60. The molecule has 0 amide bonds. The SMILES string of the molecule is COc1c(CF)cccc1CF. The summed E-state index contributed by atoms with van der Waals surface area (Å²) in [6.07, 6.45) is 0. The van der Waals surface area contributed by atoms with Crippen molar-refractivity contribution < 1.29 is 13.5 Å². The lowest BCUT2D eigenvalue weighted by Crippen LogP contribution is -1.94. The van der Waals surface area contributed by atoms with Gasteiger partial charge in [-0.05, 0) is 0 Å². The first kappa shape index (κ1) is 8.97. The second-order valence-electron chi connectivity index (χ2n) is 2.38. The molecule has 0 saturated carbocycles. The second kappa shape index (κ2) is 4.04. The van der Waals surface area contributed by atoms with Crippen LogP contribution in [0.4, 0.5) is 8.78 Å². The number of alkyl halides is 2. The molecular formula is C9H10F2O. The summed E-state index contributed by atoms with van der Waals surface area (Å²) in [5.41, 5.74) is 0.792. The largest absolute Gasteiger partial charge is 0.496 e. The first-order valence-corrected chi connectivity index (χ1v) is 3.60. The zero-order valence-electron chi connectivity index (χ0n) is 6.81. The first-order chi connectivity index (χ1) is 5.83. The Morgan fingerprint density at radius 2 is 1.67 bits per heavy atom. The van der Waals surface area contributed by atoms with Crippen molar-refractivity contribution in [3.8, 4) is 5.75 Å². The van der Waals surface area contributed by atoms with Gasteiger partial charge in [0.15, 0.2) is 0 Å². The van der Waals surface area contributed by atoms with E-state index in [1.54, 1.807) is 18.2 Å². The summed E-state index contributed by atoms with van der Waals surface area (Å²) >= 11 is 0. The van der Waals surface area contributed by atoms with Crippen LogP contribution >= 0.6 is 0 Å². The Labute approximate surface area is 70.0 Å². The number of hydrogen-bond acceptors (Lipinski definition) is 1. The van der Waals surface area contributed by atoms with Gasteiger partial charge >= 0.3 is 0 Å². The molecule has 66 valence electrons. The van der Waals surface area contributed by atoms with Crippen LogP contribution in [0.5, 0.6) is 5.75 Å². The van der Waals surface area contributed by atoms with Crippen LogP contribution in [-0.4, -0.2) is 7.11 Å². The molecule has 0 saturated heterocycles. The molecular weight excluding hydrogens is 162 g/mol. The lowest BCUT2D eigenvalue weighted by molar-refractivity contribution is 0.377. The van der Waals surface area contributed by atoms with Gasteiger partial charge in [-0.15, -0.1) is 0 Å². The summed E-state index contributed by atoms with van der Waals surface area (Å²) in [5.74, 6) is 0.322. The van der Waals surface area contributed by atoms with Crippen molar-refractivity contribution >= 4 is 0 Å². The second-order valence-corrected chi connectivity index (χ2v) is 2.38. The molecule has 0 aliphatic rings. The zero-order chi connectivity index (χ0) is 8.97. The van der Waals surface area contributed by atoms with E-state index in [0.29, 0.717) is 16.9 Å². The van der Waals surface area contributed by atoms with Gasteiger partial charge in [-0.3, -0.25) is 0 Å². The van der Waals surface area contributed by atoms with E-state index in [0.717, 1.165) is 0 Å². The predicted molar refractivity (Wildman–Crippen MR) is 42.6 cm³/mol. The van der Waals surface area contributed by atoms with Gasteiger partial charge in [-0.1, -0.05) is 18.2 Å². The molecule has 3 heteroatoms. The highest BCUT2D eigenvalue weighted by atomic mass is 19.1. The molecule has 12 heavy (non-hydrogen) atoms. The summed E-state index contributed by atoms with van der Waals surface area (Å²) in [4.78, 5) is 0. The minimum absolute atomic E-state index is 0.322. The molecule has 0 unspecified atom stereocenters. The van der Waals surface area contributed by atoms with Crippen LogP contribution in [0.25, 0.3) is 0 Å². The molecule has 0 radical (unpaired) electrons. The number of para-hydroxylation sites is 1. The van der Waals surface area contributed by atoms with E-state index in [1.165, 1.54) is 7.11 Å². The van der Waals surface area contributed by atoms with Gasteiger partial charge in [0.25, 0.3) is 0 Å². The topological polar surface area (TPSA) is 9.23 Å². The van der Waals surface area contributed by atoms with E-state index < -0.39 is 13.3 Å². The molecule has 0 aromatic heterocycles. The molecule has 1 aromatic carbocycles. The molecule has 1 nitrogen and oxygen atoms in total. The molecule has 0 bridgehead atoms. The number of benzene rings is 1. The third kappa shape index (κ3) is 1.55. The fraction of sp³-hybridized carbons (Fsp3) is 0.333. The lowest BCUT2D eigenvalue weighted by atomic mass is 10.1. The standard InChI is InChI=1S/C9H10F2O/c1-12-9-7(5-10)3-2-4-8(9)6-11/h2-4H,5-6H2,1H3. The molecule has 0 atom stereocenters. The highest BCUT2D eigenvalue weighted by Gasteiger charge is 2.07. The smallest absolute Gasteiger partial charge is 0.130 e. The quantitative estimate of drug-likeness (QED) is 0.681. The van der Waals surface area contributed by atoms with E-state index >= 15 is 0 Å².